The molecule has 0 aliphatic heterocycles. The normalized spacial score (nSPS) is 10.9. The molecule has 0 saturated heterocycles. The summed E-state index contributed by atoms with van der Waals surface area (Å²) in [6.45, 7) is 3.94. The number of rotatable bonds is 4. The van der Waals surface area contributed by atoms with E-state index >= 15 is 0 Å². The lowest BCUT2D eigenvalue weighted by atomic mass is 10.2. The average Bonchev–Trinajstić information content (AvgIpc) is 3.27. The molecule has 0 aromatic carbocycles. The van der Waals surface area contributed by atoms with Gasteiger partial charge in [0, 0.05) is 29.3 Å². The Morgan fingerprint density at radius 2 is 2.00 bits per heavy atom. The Balaban J connectivity index is 1.39. The van der Waals surface area contributed by atoms with E-state index in [9.17, 15) is 4.79 Å². The summed E-state index contributed by atoms with van der Waals surface area (Å²) in [5, 5.41) is 16.4. The molecule has 4 aromatic heterocycles. The maximum absolute atomic E-state index is 12.1. The molecule has 0 aliphatic carbocycles. The first-order valence-corrected chi connectivity index (χ1v) is 8.16. The highest BCUT2D eigenvalue weighted by molar-refractivity contribution is 5.87. The number of aryl methyl sites for hydroxylation is 2. The molecule has 2 amide bonds. The minimum atomic E-state index is -0.456. The number of hydrogen-bond donors (Lipinski definition) is 3. The van der Waals surface area contributed by atoms with Crippen LogP contribution in [-0.2, 0) is 6.54 Å². The number of urea groups is 1. The van der Waals surface area contributed by atoms with Crippen LogP contribution in [0.4, 0.5) is 10.7 Å². The molecule has 4 rings (SSSR count). The molecule has 0 atom stereocenters. The number of carbonyl (C=O) groups excluding carboxylic acids is 1. The van der Waals surface area contributed by atoms with Crippen molar-refractivity contribution in [1.29, 1.82) is 0 Å². The summed E-state index contributed by atoms with van der Waals surface area (Å²) < 4.78 is 1.57. The molecular formula is C16H16N10O. The van der Waals surface area contributed by atoms with E-state index < -0.39 is 6.03 Å². The van der Waals surface area contributed by atoms with Gasteiger partial charge in [-0.1, -0.05) is 0 Å². The number of nitrogens with zero attached hydrogens (tertiary/aromatic N) is 7. The molecule has 0 aliphatic rings. The number of pyridine rings is 1. The van der Waals surface area contributed by atoms with Gasteiger partial charge in [-0.2, -0.15) is 14.6 Å². The van der Waals surface area contributed by atoms with E-state index in [-0.39, 0.29) is 12.5 Å². The first-order valence-electron chi connectivity index (χ1n) is 8.16. The van der Waals surface area contributed by atoms with E-state index in [4.69, 9.17) is 0 Å². The number of aromatic amines is 1. The van der Waals surface area contributed by atoms with Crippen LogP contribution in [0.15, 0.2) is 30.6 Å². The topological polar surface area (TPSA) is 139 Å². The fourth-order valence-electron chi connectivity index (χ4n) is 2.53. The predicted octanol–water partition coefficient (Wildman–Crippen LogP) is 1.24. The second kappa shape index (κ2) is 6.78. The fraction of sp³-hybridized carbons (Fsp3) is 0.188. The Kier molecular flexibility index (Phi) is 4.16. The third-order valence-corrected chi connectivity index (χ3v) is 3.73. The number of aromatic nitrogens is 8. The van der Waals surface area contributed by atoms with Gasteiger partial charge in [-0.25, -0.2) is 14.8 Å². The van der Waals surface area contributed by atoms with Crippen LogP contribution in [0.5, 0.6) is 0 Å². The Bertz CT molecular complexity index is 1100. The number of hydrogen-bond acceptors (Lipinski definition) is 7. The van der Waals surface area contributed by atoms with Crippen LogP contribution in [0, 0.1) is 13.8 Å². The Hall–Kier alpha value is -3.89. The highest BCUT2D eigenvalue weighted by Gasteiger charge is 2.11. The molecule has 0 fully saturated rings. The largest absolute Gasteiger partial charge is 0.331 e. The van der Waals surface area contributed by atoms with Crippen LogP contribution in [0.1, 0.15) is 17.2 Å². The smallest absolute Gasteiger partial charge is 0.322 e. The summed E-state index contributed by atoms with van der Waals surface area (Å²) in [6.07, 6.45) is 3.33. The first-order chi connectivity index (χ1) is 13.1. The highest BCUT2D eigenvalue weighted by Crippen LogP contribution is 2.12. The molecule has 0 saturated carbocycles. The lowest BCUT2D eigenvalue weighted by Crippen LogP contribution is -2.29. The van der Waals surface area contributed by atoms with Crippen molar-refractivity contribution in [1.82, 2.24) is 45.1 Å². The number of H-pyrrole nitrogens is 1. The minimum Gasteiger partial charge on any atom is -0.331 e. The molecule has 4 aromatic rings. The number of anilines is 1. The Morgan fingerprint density at radius 3 is 2.81 bits per heavy atom. The Labute approximate surface area is 153 Å². The summed E-state index contributed by atoms with van der Waals surface area (Å²) >= 11 is 0. The van der Waals surface area contributed by atoms with Crippen molar-refractivity contribution in [2.45, 2.75) is 20.4 Å². The van der Waals surface area contributed by atoms with Gasteiger partial charge >= 0.3 is 6.03 Å². The van der Waals surface area contributed by atoms with Crippen molar-refractivity contribution in [2.75, 3.05) is 5.32 Å². The van der Waals surface area contributed by atoms with Crippen molar-refractivity contribution in [3.8, 4) is 11.4 Å². The molecule has 11 nitrogen and oxygen atoms in total. The van der Waals surface area contributed by atoms with Crippen molar-refractivity contribution in [3.05, 3.63) is 47.8 Å². The summed E-state index contributed by atoms with van der Waals surface area (Å²) in [4.78, 5) is 28.9. The number of amides is 2. The van der Waals surface area contributed by atoms with Gasteiger partial charge in [0.2, 0.25) is 0 Å². The second-order valence-corrected chi connectivity index (χ2v) is 5.84. The van der Waals surface area contributed by atoms with E-state index in [1.54, 1.807) is 29.0 Å². The SMILES string of the molecule is Cc1cc(C)n2nc(NC(=O)NCc3nc(-c4ccncc4)n[nH]3)nc2n1. The molecule has 27 heavy (non-hydrogen) atoms. The summed E-state index contributed by atoms with van der Waals surface area (Å²) in [5.41, 5.74) is 2.55. The molecule has 4 heterocycles. The van der Waals surface area contributed by atoms with Gasteiger partial charge in [0.1, 0.15) is 5.82 Å². The second-order valence-electron chi connectivity index (χ2n) is 5.84. The van der Waals surface area contributed by atoms with Crippen molar-refractivity contribution < 1.29 is 4.79 Å². The standard InChI is InChI=1S/C16H16N10O/c1-9-7-10(2)26-15(19-9)21-14(25-26)22-16(27)18-8-12-20-13(24-23-12)11-3-5-17-6-4-11/h3-7H,8H2,1-2H3,(H,20,23,24)(H2,18,22,25,27). The zero-order chi connectivity index (χ0) is 18.8. The molecule has 0 unspecified atom stereocenters. The van der Waals surface area contributed by atoms with Crippen LogP contribution >= 0.6 is 0 Å². The van der Waals surface area contributed by atoms with E-state index in [1.807, 2.05) is 19.9 Å². The van der Waals surface area contributed by atoms with Crippen molar-refractivity contribution in [3.63, 3.8) is 0 Å². The molecule has 136 valence electrons. The molecule has 0 bridgehead atoms. The average molecular weight is 364 g/mol. The highest BCUT2D eigenvalue weighted by atomic mass is 16.2. The first kappa shape index (κ1) is 16.6. The molecule has 0 radical (unpaired) electrons. The lowest BCUT2D eigenvalue weighted by molar-refractivity contribution is 0.251. The van der Waals surface area contributed by atoms with E-state index in [0.29, 0.717) is 17.4 Å². The van der Waals surface area contributed by atoms with Crippen molar-refractivity contribution >= 4 is 17.8 Å². The van der Waals surface area contributed by atoms with Crippen LogP contribution in [0.3, 0.4) is 0 Å². The zero-order valence-corrected chi connectivity index (χ0v) is 14.6. The van der Waals surface area contributed by atoms with Gasteiger partial charge < -0.3 is 5.32 Å². The fourth-order valence-corrected chi connectivity index (χ4v) is 2.53. The van der Waals surface area contributed by atoms with E-state index in [0.717, 1.165) is 17.0 Å². The van der Waals surface area contributed by atoms with E-state index in [1.165, 1.54) is 0 Å². The monoisotopic (exact) mass is 364 g/mol. The minimum absolute atomic E-state index is 0.170. The van der Waals surface area contributed by atoms with Gasteiger partial charge in [-0.05, 0) is 32.0 Å². The predicted molar refractivity (Wildman–Crippen MR) is 95.7 cm³/mol. The maximum atomic E-state index is 12.1. The quantitative estimate of drug-likeness (QED) is 0.495. The van der Waals surface area contributed by atoms with Crippen molar-refractivity contribution in [2.24, 2.45) is 0 Å². The summed E-state index contributed by atoms with van der Waals surface area (Å²) in [7, 11) is 0. The molecule has 3 N–H and O–H groups in total. The zero-order valence-electron chi connectivity index (χ0n) is 14.6. The number of carbonyl (C=O) groups is 1. The third kappa shape index (κ3) is 3.56. The summed E-state index contributed by atoms with van der Waals surface area (Å²) in [5.74, 6) is 1.66. The van der Waals surface area contributed by atoms with Gasteiger partial charge in [0.15, 0.2) is 5.82 Å². The molecule has 0 spiro atoms. The molecular weight excluding hydrogens is 348 g/mol. The van der Waals surface area contributed by atoms with Gasteiger partial charge in [-0.15, -0.1) is 5.10 Å². The summed E-state index contributed by atoms with van der Waals surface area (Å²) in [6, 6.07) is 5.04. The van der Waals surface area contributed by atoms with Crippen LogP contribution in [0.25, 0.3) is 17.2 Å². The number of fused-ring (bicyclic) bond motifs is 1. The van der Waals surface area contributed by atoms with Gasteiger partial charge in [0.25, 0.3) is 11.7 Å². The Morgan fingerprint density at radius 1 is 1.19 bits per heavy atom. The van der Waals surface area contributed by atoms with Crippen LogP contribution in [-0.4, -0.2) is 45.8 Å². The van der Waals surface area contributed by atoms with Gasteiger partial charge in [-0.3, -0.25) is 15.4 Å². The maximum Gasteiger partial charge on any atom is 0.322 e. The lowest BCUT2D eigenvalue weighted by Gasteiger charge is -2.02. The van der Waals surface area contributed by atoms with Crippen LogP contribution < -0.4 is 10.6 Å². The molecule has 11 heteroatoms. The van der Waals surface area contributed by atoms with Gasteiger partial charge in [0.05, 0.1) is 6.54 Å². The van der Waals surface area contributed by atoms with Crippen LogP contribution in [0.2, 0.25) is 0 Å². The van der Waals surface area contributed by atoms with E-state index in [2.05, 4.69) is 45.9 Å². The third-order valence-electron chi connectivity index (χ3n) is 3.73. The number of nitrogens with one attached hydrogen (secondary N) is 3.